The number of amides is 2. The summed E-state index contributed by atoms with van der Waals surface area (Å²) in [6.07, 6.45) is 5.29. The minimum Gasteiger partial charge on any atom is -0.444 e. The van der Waals surface area contributed by atoms with E-state index in [1.165, 1.54) is 36.1 Å². The topological polar surface area (TPSA) is 71.1 Å². The lowest BCUT2D eigenvalue weighted by atomic mass is 9.74. The van der Waals surface area contributed by atoms with E-state index >= 15 is 0 Å². The summed E-state index contributed by atoms with van der Waals surface area (Å²) < 4.78 is 10.8. The minimum absolute atomic E-state index is 0.0738. The Morgan fingerprint density at radius 2 is 1.80 bits per heavy atom. The van der Waals surface area contributed by atoms with Crippen LogP contribution in [0.1, 0.15) is 42.4 Å². The van der Waals surface area contributed by atoms with E-state index in [-0.39, 0.29) is 25.9 Å². The third kappa shape index (κ3) is 5.36. The molecule has 1 atom stereocenters. The standard InChI is InChI=1S/C28H35N3O4/c32-26(25-20-34-21-31(25)27(33)35-19-22-7-2-1-3-8-22)29-15-6-16-30-17-13-28(14-18-30)12-11-23-9-4-5-10-24(23)28/h1-5,7-10,25H,6,11-21H2,(H,29,32)/t25-/m1/s1. The first-order chi connectivity index (χ1) is 17.1. The van der Waals surface area contributed by atoms with Gasteiger partial charge in [0.25, 0.3) is 0 Å². The van der Waals surface area contributed by atoms with E-state index in [1.807, 2.05) is 30.3 Å². The summed E-state index contributed by atoms with van der Waals surface area (Å²) in [5, 5.41) is 2.99. The lowest BCUT2D eigenvalue weighted by Crippen LogP contribution is -2.48. The van der Waals surface area contributed by atoms with Crippen LogP contribution in [-0.2, 0) is 32.7 Å². The molecule has 0 aromatic heterocycles. The maximum Gasteiger partial charge on any atom is 0.412 e. The molecule has 0 unspecified atom stereocenters. The SMILES string of the molecule is O=C(NCCCN1CCC2(CCc3ccccc32)CC1)[C@H]1COCN1C(=O)OCc1ccccc1. The number of aryl methyl sites for hydroxylation is 1. The number of carbonyl (C=O) groups is 2. The van der Waals surface area contributed by atoms with Crippen molar-refractivity contribution in [1.29, 1.82) is 0 Å². The Hall–Kier alpha value is -2.90. The molecule has 1 spiro atoms. The van der Waals surface area contributed by atoms with E-state index in [0.717, 1.165) is 31.6 Å². The number of ether oxygens (including phenoxy) is 2. The quantitative estimate of drug-likeness (QED) is 0.619. The van der Waals surface area contributed by atoms with Gasteiger partial charge in [0, 0.05) is 6.54 Å². The molecule has 2 aliphatic heterocycles. The van der Waals surface area contributed by atoms with Gasteiger partial charge < -0.3 is 19.7 Å². The normalized spacial score (nSPS) is 21.1. The molecule has 2 aromatic carbocycles. The molecule has 1 aliphatic carbocycles. The van der Waals surface area contributed by atoms with Crippen molar-refractivity contribution in [2.45, 2.75) is 50.2 Å². The van der Waals surface area contributed by atoms with Crippen LogP contribution in [-0.4, -0.2) is 67.4 Å². The number of hydrogen-bond acceptors (Lipinski definition) is 5. The van der Waals surface area contributed by atoms with Crippen LogP contribution in [0.4, 0.5) is 4.79 Å². The zero-order valence-electron chi connectivity index (χ0n) is 20.3. The second-order valence-corrected chi connectivity index (χ2v) is 9.95. The Labute approximate surface area is 207 Å². The molecular formula is C28H35N3O4. The van der Waals surface area contributed by atoms with Crippen molar-refractivity contribution in [3.63, 3.8) is 0 Å². The first kappa shape index (κ1) is 23.8. The molecule has 7 nitrogen and oxygen atoms in total. The van der Waals surface area contributed by atoms with Gasteiger partial charge in [-0.05, 0) is 73.8 Å². The van der Waals surface area contributed by atoms with Gasteiger partial charge in [0.2, 0.25) is 5.91 Å². The van der Waals surface area contributed by atoms with Crippen LogP contribution in [0.15, 0.2) is 54.6 Å². The maximum atomic E-state index is 12.7. The van der Waals surface area contributed by atoms with Crippen molar-refractivity contribution in [3.05, 3.63) is 71.3 Å². The Kier molecular flexibility index (Phi) is 7.35. The lowest BCUT2D eigenvalue weighted by Gasteiger charge is -2.40. The maximum absolute atomic E-state index is 12.7. The highest BCUT2D eigenvalue weighted by Crippen LogP contribution is 2.46. The summed E-state index contributed by atoms with van der Waals surface area (Å²) in [7, 11) is 0. The number of benzene rings is 2. The summed E-state index contributed by atoms with van der Waals surface area (Å²) in [5.74, 6) is -0.181. The van der Waals surface area contributed by atoms with Crippen LogP contribution in [0.25, 0.3) is 0 Å². The van der Waals surface area contributed by atoms with Crippen LogP contribution in [0, 0.1) is 0 Å². The molecule has 0 radical (unpaired) electrons. The number of piperidine rings is 1. The van der Waals surface area contributed by atoms with Crippen molar-refractivity contribution in [2.24, 2.45) is 0 Å². The van der Waals surface area contributed by atoms with Gasteiger partial charge in [0.1, 0.15) is 19.4 Å². The predicted octanol–water partition coefficient (Wildman–Crippen LogP) is 3.47. The van der Waals surface area contributed by atoms with E-state index in [2.05, 4.69) is 34.5 Å². The van der Waals surface area contributed by atoms with E-state index < -0.39 is 12.1 Å². The first-order valence-corrected chi connectivity index (χ1v) is 12.8. The van der Waals surface area contributed by atoms with Crippen molar-refractivity contribution < 1.29 is 19.1 Å². The van der Waals surface area contributed by atoms with Gasteiger partial charge in [0.15, 0.2) is 0 Å². The van der Waals surface area contributed by atoms with E-state index in [1.54, 1.807) is 5.56 Å². The van der Waals surface area contributed by atoms with Gasteiger partial charge in [0.05, 0.1) is 6.61 Å². The molecular weight excluding hydrogens is 442 g/mol. The molecule has 7 heteroatoms. The van der Waals surface area contributed by atoms with Gasteiger partial charge >= 0.3 is 6.09 Å². The van der Waals surface area contributed by atoms with Crippen LogP contribution < -0.4 is 5.32 Å². The van der Waals surface area contributed by atoms with E-state index in [9.17, 15) is 9.59 Å². The number of hydrogen-bond donors (Lipinski definition) is 1. The number of fused-ring (bicyclic) bond motifs is 2. The molecule has 2 heterocycles. The van der Waals surface area contributed by atoms with Crippen molar-refractivity contribution in [2.75, 3.05) is 39.5 Å². The minimum atomic E-state index is -0.643. The molecule has 186 valence electrons. The Balaban J connectivity index is 1.02. The van der Waals surface area contributed by atoms with Gasteiger partial charge in [-0.15, -0.1) is 0 Å². The first-order valence-electron chi connectivity index (χ1n) is 12.8. The average Bonchev–Trinajstić information content (AvgIpc) is 3.53. The zero-order valence-corrected chi connectivity index (χ0v) is 20.3. The Morgan fingerprint density at radius 3 is 2.63 bits per heavy atom. The molecule has 2 amide bonds. The lowest BCUT2D eigenvalue weighted by molar-refractivity contribution is -0.124. The Morgan fingerprint density at radius 1 is 1.03 bits per heavy atom. The van der Waals surface area contributed by atoms with Crippen molar-refractivity contribution in [3.8, 4) is 0 Å². The molecule has 2 aromatic rings. The average molecular weight is 478 g/mol. The fourth-order valence-corrected chi connectivity index (χ4v) is 5.76. The number of rotatable bonds is 7. The smallest absolute Gasteiger partial charge is 0.412 e. The van der Waals surface area contributed by atoms with Gasteiger partial charge in [-0.3, -0.25) is 9.69 Å². The highest BCUT2D eigenvalue weighted by Gasteiger charge is 2.40. The summed E-state index contributed by atoms with van der Waals surface area (Å²) in [6, 6.07) is 17.8. The number of likely N-dealkylation sites (tertiary alicyclic amines) is 1. The van der Waals surface area contributed by atoms with E-state index in [4.69, 9.17) is 9.47 Å². The van der Waals surface area contributed by atoms with Gasteiger partial charge in [-0.2, -0.15) is 0 Å². The Bertz CT molecular complexity index is 1020. The van der Waals surface area contributed by atoms with E-state index in [0.29, 0.717) is 12.0 Å². The zero-order chi connectivity index (χ0) is 24.1. The molecule has 2 saturated heterocycles. The summed E-state index contributed by atoms with van der Waals surface area (Å²) in [4.78, 5) is 29.1. The van der Waals surface area contributed by atoms with Crippen molar-refractivity contribution >= 4 is 12.0 Å². The van der Waals surface area contributed by atoms with Crippen LogP contribution >= 0.6 is 0 Å². The molecule has 0 bridgehead atoms. The number of carbonyl (C=O) groups excluding carboxylic acids is 2. The molecule has 35 heavy (non-hydrogen) atoms. The molecule has 5 rings (SSSR count). The predicted molar refractivity (Wildman–Crippen MR) is 133 cm³/mol. The molecule has 1 N–H and O–H groups in total. The van der Waals surface area contributed by atoms with Gasteiger partial charge in [-0.25, -0.2) is 4.79 Å². The molecule has 0 saturated carbocycles. The van der Waals surface area contributed by atoms with Gasteiger partial charge in [-0.1, -0.05) is 54.6 Å². The fourth-order valence-electron chi connectivity index (χ4n) is 5.76. The molecule has 3 aliphatic rings. The summed E-state index contributed by atoms with van der Waals surface area (Å²) in [6.45, 7) is 4.23. The van der Waals surface area contributed by atoms with Crippen LogP contribution in [0.2, 0.25) is 0 Å². The van der Waals surface area contributed by atoms with Crippen molar-refractivity contribution in [1.82, 2.24) is 15.1 Å². The third-order valence-corrected chi connectivity index (χ3v) is 7.85. The third-order valence-electron chi connectivity index (χ3n) is 7.85. The second-order valence-electron chi connectivity index (χ2n) is 9.95. The van der Waals surface area contributed by atoms with Crippen LogP contribution in [0.3, 0.4) is 0 Å². The van der Waals surface area contributed by atoms with Crippen LogP contribution in [0.5, 0.6) is 0 Å². The summed E-state index contributed by atoms with van der Waals surface area (Å²) in [5.41, 5.74) is 4.40. The fraction of sp³-hybridized carbons (Fsp3) is 0.500. The highest BCUT2D eigenvalue weighted by molar-refractivity contribution is 5.86. The highest BCUT2D eigenvalue weighted by atomic mass is 16.6. The monoisotopic (exact) mass is 477 g/mol. The molecule has 2 fully saturated rings. The number of nitrogens with zero attached hydrogens (tertiary/aromatic N) is 2. The second kappa shape index (κ2) is 10.8. The number of nitrogens with one attached hydrogen (secondary N) is 1. The summed E-state index contributed by atoms with van der Waals surface area (Å²) >= 11 is 0. The largest absolute Gasteiger partial charge is 0.444 e.